The number of hydrogen-bond acceptors (Lipinski definition) is 5. The van der Waals surface area contributed by atoms with Gasteiger partial charge in [0, 0.05) is 13.1 Å². The van der Waals surface area contributed by atoms with Gasteiger partial charge in [0.05, 0.1) is 18.1 Å². The molecule has 0 bridgehead atoms. The Kier molecular flexibility index (Phi) is 5.45. The number of methoxy groups -OCH3 is 1. The molecule has 0 amide bonds. The Bertz CT molecular complexity index is 655. The molecule has 0 saturated heterocycles. The van der Waals surface area contributed by atoms with Crippen LogP contribution in [0.1, 0.15) is 13.8 Å². The smallest absolute Gasteiger partial charge is 0.293 e. The minimum atomic E-state index is -3.97. The highest BCUT2D eigenvalue weighted by Crippen LogP contribution is 2.30. The zero-order valence-electron chi connectivity index (χ0n) is 12.2. The van der Waals surface area contributed by atoms with E-state index in [4.69, 9.17) is 4.74 Å². The van der Waals surface area contributed by atoms with Crippen LogP contribution in [0, 0.1) is 10.1 Å². The van der Waals surface area contributed by atoms with E-state index in [1.54, 1.807) is 13.8 Å². The lowest BCUT2D eigenvalue weighted by Gasteiger charge is -2.20. The van der Waals surface area contributed by atoms with Crippen molar-refractivity contribution in [3.63, 3.8) is 0 Å². The van der Waals surface area contributed by atoms with Gasteiger partial charge in [-0.1, -0.05) is 19.1 Å². The number of sulfonamides is 1. The van der Waals surface area contributed by atoms with Crippen molar-refractivity contribution in [2.75, 3.05) is 20.2 Å². The maximum atomic E-state index is 12.6. The monoisotopic (exact) mass is 314 g/mol. The zero-order valence-corrected chi connectivity index (χ0v) is 13.0. The van der Waals surface area contributed by atoms with Gasteiger partial charge in [-0.05, 0) is 19.1 Å². The average Bonchev–Trinajstić information content (AvgIpc) is 2.43. The van der Waals surface area contributed by atoms with Crippen molar-refractivity contribution in [2.24, 2.45) is 0 Å². The number of likely N-dealkylation sites (N-methyl/N-ethyl adjacent to an activating group) is 1. The van der Waals surface area contributed by atoms with E-state index in [0.717, 1.165) is 10.4 Å². The van der Waals surface area contributed by atoms with Crippen molar-refractivity contribution < 1.29 is 18.1 Å². The highest BCUT2D eigenvalue weighted by atomic mass is 32.2. The number of nitrogens with zero attached hydrogens (tertiary/aromatic N) is 2. The molecule has 0 atom stereocenters. The molecule has 21 heavy (non-hydrogen) atoms. The number of hydrogen-bond donors (Lipinski definition) is 0. The lowest BCUT2D eigenvalue weighted by molar-refractivity contribution is -0.387. The summed E-state index contributed by atoms with van der Waals surface area (Å²) >= 11 is 0. The van der Waals surface area contributed by atoms with E-state index in [1.165, 1.54) is 19.2 Å². The van der Waals surface area contributed by atoms with Gasteiger partial charge in [-0.2, -0.15) is 4.31 Å². The van der Waals surface area contributed by atoms with Crippen molar-refractivity contribution in [3.05, 3.63) is 40.5 Å². The number of rotatable bonds is 7. The lowest BCUT2D eigenvalue weighted by Crippen LogP contribution is -2.32. The molecule has 0 aliphatic carbocycles. The molecule has 7 nitrogen and oxygen atoms in total. The van der Waals surface area contributed by atoms with E-state index in [0.29, 0.717) is 5.57 Å². The van der Waals surface area contributed by atoms with Crippen LogP contribution in [0.25, 0.3) is 0 Å². The summed E-state index contributed by atoms with van der Waals surface area (Å²) in [6, 6.07) is 3.67. The number of nitro benzene ring substituents is 1. The van der Waals surface area contributed by atoms with Gasteiger partial charge in [0.1, 0.15) is 5.75 Å². The van der Waals surface area contributed by atoms with E-state index in [1.807, 2.05) is 0 Å². The maximum Gasteiger partial charge on any atom is 0.293 e. The Balaban J connectivity index is 3.42. The molecule has 0 aromatic heterocycles. The van der Waals surface area contributed by atoms with Crippen molar-refractivity contribution in [3.8, 4) is 5.75 Å². The van der Waals surface area contributed by atoms with Crippen molar-refractivity contribution in [2.45, 2.75) is 18.7 Å². The molecule has 8 heteroatoms. The largest absolute Gasteiger partial charge is 0.497 e. The Hall–Kier alpha value is -1.93. The van der Waals surface area contributed by atoms with E-state index >= 15 is 0 Å². The van der Waals surface area contributed by atoms with E-state index in [-0.39, 0.29) is 23.7 Å². The van der Waals surface area contributed by atoms with Crippen molar-refractivity contribution in [1.29, 1.82) is 0 Å². The molecule has 0 spiro atoms. The molecule has 0 fully saturated rings. The summed E-state index contributed by atoms with van der Waals surface area (Å²) in [4.78, 5) is 10.0. The second-order valence-corrected chi connectivity index (χ2v) is 6.39. The Morgan fingerprint density at radius 3 is 2.52 bits per heavy atom. The molecule has 1 rings (SSSR count). The van der Waals surface area contributed by atoms with Gasteiger partial charge in [-0.25, -0.2) is 8.42 Å². The fraction of sp³-hybridized carbons (Fsp3) is 0.385. The first-order valence-corrected chi connectivity index (χ1v) is 7.65. The molecule has 0 aliphatic rings. The molecule has 1 aromatic carbocycles. The number of benzene rings is 1. The summed E-state index contributed by atoms with van der Waals surface area (Å²) in [7, 11) is -2.62. The van der Waals surface area contributed by atoms with E-state index in [2.05, 4.69) is 6.58 Å². The van der Waals surface area contributed by atoms with Crippen LogP contribution in [0.15, 0.2) is 35.2 Å². The van der Waals surface area contributed by atoms with Gasteiger partial charge in [-0.15, -0.1) is 0 Å². The number of ether oxygens (including phenoxy) is 1. The average molecular weight is 314 g/mol. The third-order valence-electron chi connectivity index (χ3n) is 2.78. The van der Waals surface area contributed by atoms with Gasteiger partial charge in [-0.3, -0.25) is 10.1 Å². The topological polar surface area (TPSA) is 89.8 Å². The lowest BCUT2D eigenvalue weighted by atomic mass is 10.3. The fourth-order valence-electron chi connectivity index (χ4n) is 1.79. The summed E-state index contributed by atoms with van der Waals surface area (Å²) in [6.07, 6.45) is 0. The Labute approximate surface area is 124 Å². The molecule has 0 saturated carbocycles. The van der Waals surface area contributed by atoms with Crippen LogP contribution in [0.4, 0.5) is 5.69 Å². The quantitative estimate of drug-likeness (QED) is 0.437. The van der Waals surface area contributed by atoms with Crippen LogP contribution in [0.5, 0.6) is 5.75 Å². The highest BCUT2D eigenvalue weighted by molar-refractivity contribution is 7.89. The molecule has 0 N–H and O–H groups in total. The first-order chi connectivity index (χ1) is 9.73. The minimum Gasteiger partial charge on any atom is -0.497 e. The zero-order chi connectivity index (χ0) is 16.2. The molecule has 0 unspecified atom stereocenters. The van der Waals surface area contributed by atoms with E-state index in [9.17, 15) is 18.5 Å². The molecule has 116 valence electrons. The van der Waals surface area contributed by atoms with Crippen molar-refractivity contribution >= 4 is 15.7 Å². The summed E-state index contributed by atoms with van der Waals surface area (Å²) in [6.45, 7) is 7.34. The van der Waals surface area contributed by atoms with Crippen LogP contribution in [-0.2, 0) is 10.0 Å². The molecule has 0 aliphatic heterocycles. The third-order valence-corrected chi connectivity index (χ3v) is 4.75. The number of nitro groups is 1. The van der Waals surface area contributed by atoms with E-state index < -0.39 is 20.6 Å². The molecule has 0 radical (unpaired) electrons. The third kappa shape index (κ3) is 3.79. The Morgan fingerprint density at radius 2 is 2.10 bits per heavy atom. The summed E-state index contributed by atoms with van der Waals surface area (Å²) in [5, 5.41) is 11.1. The first kappa shape index (κ1) is 17.1. The van der Waals surface area contributed by atoms with Crippen LogP contribution < -0.4 is 4.74 Å². The molecular weight excluding hydrogens is 296 g/mol. The molecule has 1 aromatic rings. The normalized spacial score (nSPS) is 11.4. The summed E-state index contributed by atoms with van der Waals surface area (Å²) in [5.74, 6) is 0.226. The maximum absolute atomic E-state index is 12.6. The van der Waals surface area contributed by atoms with Crippen molar-refractivity contribution in [1.82, 2.24) is 4.31 Å². The molecule has 0 heterocycles. The highest BCUT2D eigenvalue weighted by Gasteiger charge is 2.31. The van der Waals surface area contributed by atoms with Gasteiger partial charge in [0.15, 0.2) is 4.90 Å². The van der Waals surface area contributed by atoms with Gasteiger partial charge in [0.25, 0.3) is 5.69 Å². The van der Waals surface area contributed by atoms with Crippen LogP contribution in [0.3, 0.4) is 0 Å². The second-order valence-electron chi connectivity index (χ2n) is 4.48. The van der Waals surface area contributed by atoms with Crippen LogP contribution in [-0.4, -0.2) is 37.8 Å². The first-order valence-electron chi connectivity index (χ1n) is 6.21. The summed E-state index contributed by atoms with van der Waals surface area (Å²) < 4.78 is 31.2. The Morgan fingerprint density at radius 1 is 1.48 bits per heavy atom. The van der Waals surface area contributed by atoms with Crippen LogP contribution >= 0.6 is 0 Å². The predicted molar refractivity (Wildman–Crippen MR) is 78.9 cm³/mol. The molecular formula is C13H18N2O5S. The summed E-state index contributed by atoms with van der Waals surface area (Å²) in [5.41, 5.74) is 0.145. The van der Waals surface area contributed by atoms with Gasteiger partial charge in [0.2, 0.25) is 10.0 Å². The fourth-order valence-corrected chi connectivity index (χ4v) is 3.44. The van der Waals surface area contributed by atoms with Crippen LogP contribution in [0.2, 0.25) is 0 Å². The standard InChI is InChI=1S/C13H18N2O5S/c1-5-14(9-10(2)3)21(18,19)13-7-6-11(20-4)8-12(13)15(16)17/h6-8H,2,5,9H2,1,3-4H3. The second kappa shape index (κ2) is 6.68. The van der Waals surface area contributed by atoms with Gasteiger partial charge >= 0.3 is 0 Å². The minimum absolute atomic E-state index is 0.113. The predicted octanol–water partition coefficient (Wildman–Crippen LogP) is 2.19. The SMILES string of the molecule is C=C(C)CN(CC)S(=O)(=O)c1ccc(OC)cc1[N+](=O)[O-]. The van der Waals surface area contributed by atoms with Gasteiger partial charge < -0.3 is 4.74 Å².